The summed E-state index contributed by atoms with van der Waals surface area (Å²) in [5.74, 6) is -0.300. The predicted octanol–water partition coefficient (Wildman–Crippen LogP) is 4.99. The van der Waals surface area contributed by atoms with Gasteiger partial charge in [-0.05, 0) is 64.5 Å². The molecule has 0 aliphatic carbocycles. The van der Waals surface area contributed by atoms with E-state index in [1.807, 2.05) is 32.4 Å². The minimum Gasteiger partial charge on any atom is -0.339 e. The van der Waals surface area contributed by atoms with Crippen LogP contribution in [0.25, 0.3) is 6.08 Å². The van der Waals surface area contributed by atoms with E-state index < -0.39 is 0 Å². The van der Waals surface area contributed by atoms with Crippen LogP contribution in [0.15, 0.2) is 54.6 Å². The second kappa shape index (κ2) is 10.8. The molecule has 2 aromatic carbocycles. The third kappa shape index (κ3) is 5.98. The second-order valence-electron chi connectivity index (χ2n) is 8.11. The van der Waals surface area contributed by atoms with Crippen molar-refractivity contribution in [2.75, 3.05) is 18.4 Å². The van der Waals surface area contributed by atoms with Crippen LogP contribution in [0.2, 0.25) is 0 Å². The van der Waals surface area contributed by atoms with Crippen molar-refractivity contribution in [2.45, 2.75) is 41.2 Å². The van der Waals surface area contributed by atoms with E-state index in [1.165, 1.54) is 17.2 Å². The molecule has 3 rings (SSSR count). The normalized spacial score (nSPS) is 11.1. The molecule has 0 bridgehead atoms. The quantitative estimate of drug-likeness (QED) is 0.498. The Balaban J connectivity index is 1.70. The number of nitrogens with zero attached hydrogens (tertiary/aromatic N) is 3. The van der Waals surface area contributed by atoms with E-state index >= 15 is 0 Å². The van der Waals surface area contributed by atoms with Crippen molar-refractivity contribution in [3.05, 3.63) is 88.2 Å². The molecule has 2 amide bonds. The molecule has 0 aliphatic rings. The summed E-state index contributed by atoms with van der Waals surface area (Å²) >= 11 is 0. The first kappa shape index (κ1) is 24.0. The number of hydrogen-bond acceptors (Lipinski definition) is 3. The first-order chi connectivity index (χ1) is 15.8. The third-order valence-corrected chi connectivity index (χ3v) is 5.72. The van der Waals surface area contributed by atoms with Crippen LogP contribution in [0.4, 0.5) is 5.69 Å². The van der Waals surface area contributed by atoms with Gasteiger partial charge in [0.05, 0.1) is 12.2 Å². The van der Waals surface area contributed by atoms with Crippen LogP contribution >= 0.6 is 0 Å². The van der Waals surface area contributed by atoms with Crippen LogP contribution in [0.5, 0.6) is 0 Å². The zero-order valence-electron chi connectivity index (χ0n) is 20.1. The van der Waals surface area contributed by atoms with Gasteiger partial charge in [0, 0.05) is 41.7 Å². The van der Waals surface area contributed by atoms with Crippen molar-refractivity contribution in [2.24, 2.45) is 0 Å². The van der Waals surface area contributed by atoms with Crippen molar-refractivity contribution in [3.8, 4) is 0 Å². The van der Waals surface area contributed by atoms with Gasteiger partial charge in [0.2, 0.25) is 5.91 Å². The lowest BCUT2D eigenvalue weighted by atomic mass is 10.1. The summed E-state index contributed by atoms with van der Waals surface area (Å²) in [6.45, 7) is 11.9. The molecule has 3 aromatic rings. The lowest BCUT2D eigenvalue weighted by Crippen LogP contribution is -2.30. The van der Waals surface area contributed by atoms with E-state index in [1.54, 1.807) is 35.2 Å². The Labute approximate surface area is 195 Å². The highest BCUT2D eigenvalue weighted by Crippen LogP contribution is 2.18. The molecular formula is C27H32N4O2. The number of nitrogens with one attached hydrogen (secondary N) is 1. The van der Waals surface area contributed by atoms with Crippen LogP contribution in [0.1, 0.15) is 52.3 Å². The summed E-state index contributed by atoms with van der Waals surface area (Å²) in [5.41, 5.74) is 6.36. The molecule has 172 valence electrons. The lowest BCUT2D eigenvalue weighted by molar-refractivity contribution is -0.111. The predicted molar refractivity (Wildman–Crippen MR) is 133 cm³/mol. The molecule has 0 fully saturated rings. The van der Waals surface area contributed by atoms with Gasteiger partial charge in [-0.2, -0.15) is 5.10 Å². The van der Waals surface area contributed by atoms with Crippen LogP contribution in [0, 0.1) is 20.8 Å². The Morgan fingerprint density at radius 2 is 1.73 bits per heavy atom. The first-order valence-corrected chi connectivity index (χ1v) is 11.3. The maximum atomic E-state index is 12.6. The minimum absolute atomic E-state index is 0.0427. The zero-order valence-corrected chi connectivity index (χ0v) is 20.1. The Morgan fingerprint density at radius 3 is 2.39 bits per heavy atom. The zero-order chi connectivity index (χ0) is 24.0. The Bertz CT molecular complexity index is 1160. The summed E-state index contributed by atoms with van der Waals surface area (Å²) in [4.78, 5) is 26.9. The third-order valence-electron chi connectivity index (χ3n) is 5.72. The van der Waals surface area contributed by atoms with E-state index in [4.69, 9.17) is 0 Å². The van der Waals surface area contributed by atoms with E-state index in [9.17, 15) is 9.59 Å². The summed E-state index contributed by atoms with van der Waals surface area (Å²) in [6.07, 6.45) is 3.30. The van der Waals surface area contributed by atoms with Crippen LogP contribution in [-0.2, 0) is 11.3 Å². The molecular weight excluding hydrogens is 412 g/mol. The smallest absolute Gasteiger partial charge is 0.253 e. The molecule has 33 heavy (non-hydrogen) atoms. The molecule has 0 atom stereocenters. The van der Waals surface area contributed by atoms with Gasteiger partial charge in [0.15, 0.2) is 0 Å². The molecule has 0 saturated carbocycles. The summed E-state index contributed by atoms with van der Waals surface area (Å²) in [5, 5.41) is 7.49. The Kier molecular flexibility index (Phi) is 7.83. The fourth-order valence-corrected chi connectivity index (χ4v) is 3.74. The Morgan fingerprint density at radius 1 is 1.03 bits per heavy atom. The maximum absolute atomic E-state index is 12.6. The average molecular weight is 445 g/mol. The number of hydrogen-bond donors (Lipinski definition) is 1. The van der Waals surface area contributed by atoms with E-state index in [0.29, 0.717) is 30.9 Å². The van der Waals surface area contributed by atoms with Gasteiger partial charge in [-0.1, -0.05) is 35.9 Å². The van der Waals surface area contributed by atoms with Gasteiger partial charge >= 0.3 is 0 Å². The van der Waals surface area contributed by atoms with Crippen molar-refractivity contribution < 1.29 is 9.59 Å². The number of anilines is 1. The van der Waals surface area contributed by atoms with Crippen LogP contribution in [0.3, 0.4) is 0 Å². The van der Waals surface area contributed by atoms with E-state index in [2.05, 4.69) is 41.6 Å². The SMILES string of the molecule is CCN(CC)C(=O)c1cccc(NC(=O)/C=C/c2c(C)nn(Cc3ccc(C)cc3)c2C)c1. The van der Waals surface area contributed by atoms with Crippen molar-refractivity contribution >= 4 is 23.6 Å². The monoisotopic (exact) mass is 444 g/mol. The number of carbonyl (C=O) groups excluding carboxylic acids is 2. The van der Waals surface area contributed by atoms with Crippen molar-refractivity contribution in [1.29, 1.82) is 0 Å². The number of carbonyl (C=O) groups is 2. The number of aromatic nitrogens is 2. The molecule has 6 heteroatoms. The summed E-state index contributed by atoms with van der Waals surface area (Å²) in [6, 6.07) is 15.4. The molecule has 1 aromatic heterocycles. The van der Waals surface area contributed by atoms with Gasteiger partial charge < -0.3 is 10.2 Å². The highest BCUT2D eigenvalue weighted by molar-refractivity contribution is 6.03. The second-order valence-corrected chi connectivity index (χ2v) is 8.11. The molecule has 0 unspecified atom stereocenters. The standard InChI is InChI=1S/C27H32N4O2/c1-6-30(7-2)27(33)23-9-8-10-24(17-23)28-26(32)16-15-25-20(4)29-31(21(25)5)18-22-13-11-19(3)12-14-22/h8-17H,6-7,18H2,1-5H3,(H,28,32)/b16-15+. The fourth-order valence-electron chi connectivity index (χ4n) is 3.74. The molecule has 0 saturated heterocycles. The van der Waals surface area contributed by atoms with E-state index in [-0.39, 0.29) is 11.8 Å². The Hall–Kier alpha value is -3.67. The molecule has 1 heterocycles. The molecule has 1 N–H and O–H groups in total. The topological polar surface area (TPSA) is 67.2 Å². The minimum atomic E-state index is -0.257. The first-order valence-electron chi connectivity index (χ1n) is 11.3. The van der Waals surface area contributed by atoms with Crippen LogP contribution in [-0.4, -0.2) is 39.6 Å². The molecule has 0 spiro atoms. The highest BCUT2D eigenvalue weighted by Gasteiger charge is 2.13. The van der Waals surface area contributed by atoms with Crippen molar-refractivity contribution in [3.63, 3.8) is 0 Å². The van der Waals surface area contributed by atoms with E-state index in [0.717, 1.165) is 17.0 Å². The van der Waals surface area contributed by atoms with Gasteiger partial charge in [-0.15, -0.1) is 0 Å². The van der Waals surface area contributed by atoms with Gasteiger partial charge in [-0.3, -0.25) is 14.3 Å². The maximum Gasteiger partial charge on any atom is 0.253 e. The number of benzene rings is 2. The van der Waals surface area contributed by atoms with Gasteiger partial charge in [0.25, 0.3) is 5.91 Å². The van der Waals surface area contributed by atoms with Crippen LogP contribution < -0.4 is 5.32 Å². The number of rotatable bonds is 8. The van der Waals surface area contributed by atoms with Gasteiger partial charge in [-0.25, -0.2) is 0 Å². The highest BCUT2D eigenvalue weighted by atomic mass is 16.2. The molecule has 0 radical (unpaired) electrons. The lowest BCUT2D eigenvalue weighted by Gasteiger charge is -2.18. The molecule has 0 aliphatic heterocycles. The average Bonchev–Trinajstić information content (AvgIpc) is 3.07. The largest absolute Gasteiger partial charge is 0.339 e. The number of amides is 2. The summed E-state index contributed by atoms with van der Waals surface area (Å²) in [7, 11) is 0. The van der Waals surface area contributed by atoms with Crippen molar-refractivity contribution in [1.82, 2.24) is 14.7 Å². The number of aryl methyl sites for hydroxylation is 2. The molecule has 6 nitrogen and oxygen atoms in total. The van der Waals surface area contributed by atoms with Gasteiger partial charge in [0.1, 0.15) is 0 Å². The summed E-state index contributed by atoms with van der Waals surface area (Å²) < 4.78 is 1.96. The fraction of sp³-hybridized carbons (Fsp3) is 0.296.